The van der Waals surface area contributed by atoms with Crippen LogP contribution >= 0.6 is 0 Å². The molecule has 0 saturated carbocycles. The van der Waals surface area contributed by atoms with Gasteiger partial charge in [0.05, 0.1) is 6.61 Å². The van der Waals surface area contributed by atoms with Gasteiger partial charge in [0.15, 0.2) is 0 Å². The minimum absolute atomic E-state index is 0.572. The summed E-state index contributed by atoms with van der Waals surface area (Å²) < 4.78 is 5.48. The van der Waals surface area contributed by atoms with Crippen molar-refractivity contribution >= 4 is 18.3 Å². The first-order valence-corrected chi connectivity index (χ1v) is 5.80. The number of carboxylic acids is 1. The molecule has 1 aromatic rings. The Kier molecular flexibility index (Phi) is 6.25. The zero-order chi connectivity index (χ0) is 13.2. The summed E-state index contributed by atoms with van der Waals surface area (Å²) in [5.74, 6) is -0.223. The van der Waals surface area contributed by atoms with Gasteiger partial charge in [-0.1, -0.05) is 12.1 Å². The van der Waals surface area contributed by atoms with E-state index >= 15 is 0 Å². The molecule has 0 heterocycles. The summed E-state index contributed by atoms with van der Waals surface area (Å²) in [5.41, 5.74) is 0.811. The third kappa shape index (κ3) is 5.84. The summed E-state index contributed by atoms with van der Waals surface area (Å²) in [6.45, 7) is 0.581. The standard InChI is InChI=1S/C14H16O4/c15-10-2-1-3-11-18-13-7-4-12(5-8-13)6-9-14(16)17/h4-10H,1-3,11H2,(H,16,17)/b9-6+. The van der Waals surface area contributed by atoms with Crippen molar-refractivity contribution in [2.24, 2.45) is 0 Å². The van der Waals surface area contributed by atoms with Crippen molar-refractivity contribution in [2.45, 2.75) is 19.3 Å². The van der Waals surface area contributed by atoms with Crippen molar-refractivity contribution in [2.75, 3.05) is 6.61 Å². The normalized spacial score (nSPS) is 10.4. The molecule has 0 bridgehead atoms. The molecule has 0 spiro atoms. The summed E-state index contributed by atoms with van der Waals surface area (Å²) in [4.78, 5) is 20.4. The van der Waals surface area contributed by atoms with Crippen LogP contribution in [0.25, 0.3) is 6.08 Å². The molecular weight excluding hydrogens is 232 g/mol. The molecule has 0 aliphatic rings. The van der Waals surface area contributed by atoms with Crippen LogP contribution in [0.2, 0.25) is 0 Å². The Morgan fingerprint density at radius 3 is 2.56 bits per heavy atom. The molecule has 0 saturated heterocycles. The van der Waals surface area contributed by atoms with Gasteiger partial charge in [0, 0.05) is 12.5 Å². The van der Waals surface area contributed by atoms with Crippen molar-refractivity contribution in [1.29, 1.82) is 0 Å². The van der Waals surface area contributed by atoms with Gasteiger partial charge in [-0.3, -0.25) is 0 Å². The number of unbranched alkanes of at least 4 members (excludes halogenated alkanes) is 2. The molecule has 1 rings (SSSR count). The molecule has 1 N–H and O–H groups in total. The van der Waals surface area contributed by atoms with E-state index in [0.717, 1.165) is 36.5 Å². The van der Waals surface area contributed by atoms with E-state index in [9.17, 15) is 9.59 Å². The molecule has 18 heavy (non-hydrogen) atoms. The Hall–Kier alpha value is -2.10. The Morgan fingerprint density at radius 1 is 1.22 bits per heavy atom. The highest BCUT2D eigenvalue weighted by Gasteiger charge is 1.95. The van der Waals surface area contributed by atoms with Crippen LogP contribution in [-0.4, -0.2) is 24.0 Å². The van der Waals surface area contributed by atoms with Crippen LogP contribution in [0.1, 0.15) is 24.8 Å². The SMILES string of the molecule is O=CCCCCOc1ccc(/C=C/C(=O)O)cc1. The van der Waals surface area contributed by atoms with E-state index in [0.29, 0.717) is 13.0 Å². The molecule has 0 fully saturated rings. The second-order valence-corrected chi connectivity index (χ2v) is 3.75. The summed E-state index contributed by atoms with van der Waals surface area (Å²) in [5, 5.41) is 8.48. The predicted molar refractivity (Wildman–Crippen MR) is 68.5 cm³/mol. The minimum Gasteiger partial charge on any atom is -0.494 e. The van der Waals surface area contributed by atoms with Gasteiger partial charge in [0.1, 0.15) is 12.0 Å². The smallest absolute Gasteiger partial charge is 0.328 e. The number of aldehydes is 1. The molecule has 0 unspecified atom stereocenters. The predicted octanol–water partition coefficient (Wildman–Crippen LogP) is 2.53. The van der Waals surface area contributed by atoms with Crippen molar-refractivity contribution in [3.8, 4) is 5.75 Å². The molecule has 0 atom stereocenters. The fraction of sp³-hybridized carbons (Fsp3) is 0.286. The lowest BCUT2D eigenvalue weighted by molar-refractivity contribution is -0.131. The van der Waals surface area contributed by atoms with E-state index in [1.54, 1.807) is 24.3 Å². The highest BCUT2D eigenvalue weighted by atomic mass is 16.5. The largest absolute Gasteiger partial charge is 0.494 e. The van der Waals surface area contributed by atoms with Crippen LogP contribution in [-0.2, 0) is 9.59 Å². The average molecular weight is 248 g/mol. The quantitative estimate of drug-likeness (QED) is 0.436. The lowest BCUT2D eigenvalue weighted by atomic mass is 10.2. The van der Waals surface area contributed by atoms with Gasteiger partial charge in [-0.25, -0.2) is 4.79 Å². The number of hydrogen-bond acceptors (Lipinski definition) is 3. The summed E-state index contributed by atoms with van der Waals surface area (Å²) >= 11 is 0. The van der Waals surface area contributed by atoms with E-state index in [2.05, 4.69) is 0 Å². The molecule has 0 aromatic heterocycles. The maximum absolute atomic E-state index is 10.3. The first-order valence-electron chi connectivity index (χ1n) is 5.80. The number of carbonyl (C=O) groups is 2. The zero-order valence-electron chi connectivity index (χ0n) is 10.0. The summed E-state index contributed by atoms with van der Waals surface area (Å²) in [7, 11) is 0. The van der Waals surface area contributed by atoms with E-state index < -0.39 is 5.97 Å². The molecule has 0 aliphatic heterocycles. The third-order valence-electron chi connectivity index (χ3n) is 2.28. The van der Waals surface area contributed by atoms with Gasteiger partial charge in [-0.2, -0.15) is 0 Å². The van der Waals surface area contributed by atoms with Crippen molar-refractivity contribution in [1.82, 2.24) is 0 Å². The highest BCUT2D eigenvalue weighted by Crippen LogP contribution is 2.13. The molecule has 0 amide bonds. The lowest BCUT2D eigenvalue weighted by Crippen LogP contribution is -1.97. The number of aliphatic carboxylic acids is 1. The van der Waals surface area contributed by atoms with E-state index in [1.807, 2.05) is 0 Å². The van der Waals surface area contributed by atoms with Gasteiger partial charge < -0.3 is 14.6 Å². The van der Waals surface area contributed by atoms with Crippen molar-refractivity contribution in [3.05, 3.63) is 35.9 Å². The van der Waals surface area contributed by atoms with Crippen LogP contribution in [0.15, 0.2) is 30.3 Å². The maximum Gasteiger partial charge on any atom is 0.328 e. The fourth-order valence-corrected chi connectivity index (χ4v) is 1.36. The molecule has 1 aromatic carbocycles. The molecule has 4 heteroatoms. The second-order valence-electron chi connectivity index (χ2n) is 3.75. The van der Waals surface area contributed by atoms with Crippen molar-refractivity contribution in [3.63, 3.8) is 0 Å². The Balaban J connectivity index is 2.36. The van der Waals surface area contributed by atoms with Crippen LogP contribution < -0.4 is 4.74 Å². The number of benzene rings is 1. The minimum atomic E-state index is -0.967. The third-order valence-corrected chi connectivity index (χ3v) is 2.28. The Morgan fingerprint density at radius 2 is 1.94 bits per heavy atom. The number of ether oxygens (including phenoxy) is 1. The summed E-state index contributed by atoms with van der Waals surface area (Å²) in [6, 6.07) is 7.17. The van der Waals surface area contributed by atoms with E-state index in [-0.39, 0.29) is 0 Å². The molecule has 0 radical (unpaired) electrons. The van der Waals surface area contributed by atoms with Crippen LogP contribution in [0, 0.1) is 0 Å². The molecule has 4 nitrogen and oxygen atoms in total. The topological polar surface area (TPSA) is 63.6 Å². The first-order chi connectivity index (χ1) is 8.72. The summed E-state index contributed by atoms with van der Waals surface area (Å²) in [6.07, 6.45) is 5.78. The van der Waals surface area contributed by atoms with Crippen LogP contribution in [0.4, 0.5) is 0 Å². The number of hydrogen-bond donors (Lipinski definition) is 1. The van der Waals surface area contributed by atoms with Crippen LogP contribution in [0.3, 0.4) is 0 Å². The van der Waals surface area contributed by atoms with Crippen molar-refractivity contribution < 1.29 is 19.4 Å². The second kappa shape index (κ2) is 8.06. The van der Waals surface area contributed by atoms with Gasteiger partial charge in [0.25, 0.3) is 0 Å². The molecular formula is C14H16O4. The monoisotopic (exact) mass is 248 g/mol. The first kappa shape index (κ1) is 14.0. The van der Waals surface area contributed by atoms with E-state index in [1.165, 1.54) is 6.08 Å². The van der Waals surface area contributed by atoms with Gasteiger partial charge >= 0.3 is 5.97 Å². The average Bonchev–Trinajstić information content (AvgIpc) is 2.37. The maximum atomic E-state index is 10.3. The Bertz CT molecular complexity index is 406. The zero-order valence-corrected chi connectivity index (χ0v) is 10.0. The number of rotatable bonds is 8. The fourth-order valence-electron chi connectivity index (χ4n) is 1.36. The van der Waals surface area contributed by atoms with Gasteiger partial charge in [-0.15, -0.1) is 0 Å². The molecule has 0 aliphatic carbocycles. The highest BCUT2D eigenvalue weighted by molar-refractivity contribution is 5.85. The number of carbonyl (C=O) groups excluding carboxylic acids is 1. The van der Waals surface area contributed by atoms with Gasteiger partial charge in [0.2, 0.25) is 0 Å². The van der Waals surface area contributed by atoms with E-state index in [4.69, 9.17) is 9.84 Å². The molecule has 96 valence electrons. The van der Waals surface area contributed by atoms with Gasteiger partial charge in [-0.05, 0) is 36.6 Å². The van der Waals surface area contributed by atoms with Crippen LogP contribution in [0.5, 0.6) is 5.75 Å². The number of carboxylic acid groups (broad SMARTS) is 1. The Labute approximate surface area is 106 Å². The lowest BCUT2D eigenvalue weighted by Gasteiger charge is -2.05.